The number of aliphatic imine (C=N–C) groups is 2. The standard InChI is InChI=1S/C20H16N2O8S2.2Na/c23-19-7-5-15(31(25,26)27)9-13(19)11-21-17-3-1-2-4-18(17)22-12-14-10-16(32(28,29)30)6-8-20(14)24;;/h1-12,23-24H,(H,25,26,27)(H,28,29,30);;. The summed E-state index contributed by atoms with van der Waals surface area (Å²) < 4.78 is 63.5. The van der Waals surface area contributed by atoms with Crippen LogP contribution >= 0.6 is 0 Å². The maximum atomic E-state index is 11.3. The van der Waals surface area contributed by atoms with Crippen LogP contribution in [0.5, 0.6) is 11.5 Å². The molecule has 0 amide bonds. The molecule has 0 aromatic heterocycles. The minimum absolute atomic E-state index is 0. The molecule has 3 aromatic rings. The van der Waals surface area contributed by atoms with Gasteiger partial charge < -0.3 is 10.2 Å². The normalized spacial score (nSPS) is 11.8. The van der Waals surface area contributed by atoms with Crippen LogP contribution in [0, 0.1) is 0 Å². The van der Waals surface area contributed by atoms with Gasteiger partial charge in [-0.05, 0) is 48.5 Å². The summed E-state index contributed by atoms with van der Waals surface area (Å²) in [5.41, 5.74) is 0.645. The van der Waals surface area contributed by atoms with Gasteiger partial charge in [0, 0.05) is 82.7 Å². The Kier molecular flexibility index (Phi) is 11.1. The summed E-state index contributed by atoms with van der Waals surface area (Å²) in [5, 5.41) is 19.9. The number of phenols is 2. The number of para-hydroxylation sites is 2. The smallest absolute Gasteiger partial charge is 0.294 e. The van der Waals surface area contributed by atoms with E-state index < -0.39 is 30.0 Å². The molecule has 0 heterocycles. The number of aromatic hydroxyl groups is 2. The average molecular weight is 522 g/mol. The summed E-state index contributed by atoms with van der Waals surface area (Å²) in [5.74, 6) is -0.539. The molecule has 168 valence electrons. The minimum atomic E-state index is -4.47. The number of hydrogen-bond acceptors (Lipinski definition) is 8. The van der Waals surface area contributed by atoms with Gasteiger partial charge in [-0.25, -0.2) is 0 Å². The molecule has 0 fully saturated rings. The van der Waals surface area contributed by atoms with Crippen LogP contribution in [-0.2, 0) is 20.2 Å². The summed E-state index contributed by atoms with van der Waals surface area (Å²) in [6.45, 7) is 0. The molecular formula is C20H16N2Na2O8S2. The summed E-state index contributed by atoms with van der Waals surface area (Å²) in [6.07, 6.45) is 2.35. The first kappa shape index (κ1) is 30.5. The van der Waals surface area contributed by atoms with Crippen LogP contribution in [0.4, 0.5) is 11.4 Å². The number of nitrogens with zero attached hydrogens (tertiary/aromatic N) is 2. The fourth-order valence-corrected chi connectivity index (χ4v) is 3.59. The third kappa shape index (κ3) is 7.99. The van der Waals surface area contributed by atoms with Crippen LogP contribution in [-0.4, -0.2) is 108 Å². The molecule has 0 bridgehead atoms. The topological polar surface area (TPSA) is 174 Å². The SMILES string of the molecule is O=S(=O)(O)c1ccc(O)c(C=Nc2ccccc2N=Cc2cc(S(=O)(=O)O)ccc2O)c1.[Na].[Na]. The Bertz CT molecular complexity index is 1350. The molecule has 2 radical (unpaired) electrons. The minimum Gasteiger partial charge on any atom is -0.507 e. The summed E-state index contributed by atoms with van der Waals surface area (Å²) in [7, 11) is -8.94. The first-order valence-electron chi connectivity index (χ1n) is 8.73. The van der Waals surface area contributed by atoms with Crippen molar-refractivity contribution in [2.24, 2.45) is 9.98 Å². The molecule has 3 rings (SSSR count). The van der Waals surface area contributed by atoms with Crippen LogP contribution in [0.2, 0.25) is 0 Å². The fraction of sp³-hybridized carbons (Fsp3) is 0. The maximum absolute atomic E-state index is 11.3. The van der Waals surface area contributed by atoms with Crippen molar-refractivity contribution >= 4 is 103 Å². The maximum Gasteiger partial charge on any atom is 0.294 e. The molecule has 0 atom stereocenters. The molecule has 0 spiro atoms. The van der Waals surface area contributed by atoms with Crippen molar-refractivity contribution < 1.29 is 36.2 Å². The van der Waals surface area contributed by atoms with Crippen molar-refractivity contribution in [1.29, 1.82) is 0 Å². The molecule has 0 aliphatic rings. The Hall–Kier alpha value is -1.58. The Morgan fingerprint density at radius 2 is 0.971 bits per heavy atom. The van der Waals surface area contributed by atoms with E-state index in [9.17, 15) is 27.0 Å². The second-order valence-electron chi connectivity index (χ2n) is 6.40. The Morgan fingerprint density at radius 1 is 0.618 bits per heavy atom. The molecular weight excluding hydrogens is 506 g/mol. The summed E-state index contributed by atoms with van der Waals surface area (Å²) in [6, 6.07) is 12.8. The van der Waals surface area contributed by atoms with Crippen LogP contribution in [0.1, 0.15) is 11.1 Å². The van der Waals surface area contributed by atoms with Crippen LogP contribution < -0.4 is 0 Å². The zero-order chi connectivity index (χ0) is 23.5. The van der Waals surface area contributed by atoms with Crippen LogP contribution in [0.25, 0.3) is 0 Å². The second-order valence-corrected chi connectivity index (χ2v) is 9.24. The first-order chi connectivity index (χ1) is 14.9. The number of benzene rings is 3. The van der Waals surface area contributed by atoms with E-state index in [0.29, 0.717) is 11.4 Å². The zero-order valence-electron chi connectivity index (χ0n) is 18.1. The second kappa shape index (κ2) is 12.4. The molecule has 0 aliphatic heterocycles. The summed E-state index contributed by atoms with van der Waals surface area (Å²) >= 11 is 0. The molecule has 34 heavy (non-hydrogen) atoms. The van der Waals surface area contributed by atoms with Crippen molar-refractivity contribution in [3.8, 4) is 11.5 Å². The third-order valence-electron chi connectivity index (χ3n) is 4.16. The van der Waals surface area contributed by atoms with Gasteiger partial charge in [0.05, 0.1) is 21.2 Å². The van der Waals surface area contributed by atoms with Gasteiger partial charge in [-0.15, -0.1) is 0 Å². The van der Waals surface area contributed by atoms with E-state index in [0.717, 1.165) is 36.4 Å². The monoisotopic (exact) mass is 522 g/mol. The number of hydrogen-bond donors (Lipinski definition) is 4. The molecule has 0 saturated heterocycles. The van der Waals surface area contributed by atoms with Crippen LogP contribution in [0.3, 0.4) is 0 Å². The van der Waals surface area contributed by atoms with E-state index in [2.05, 4.69) is 9.98 Å². The Labute approximate surface area is 240 Å². The quantitative estimate of drug-likeness (QED) is 0.217. The van der Waals surface area contributed by atoms with E-state index in [1.807, 2.05) is 0 Å². The number of rotatable bonds is 6. The molecule has 0 saturated carbocycles. The van der Waals surface area contributed by atoms with Gasteiger partial charge in [0.1, 0.15) is 11.5 Å². The van der Waals surface area contributed by atoms with Crippen molar-refractivity contribution in [1.82, 2.24) is 0 Å². The van der Waals surface area contributed by atoms with Gasteiger partial charge in [-0.3, -0.25) is 19.1 Å². The molecule has 10 nitrogen and oxygen atoms in total. The zero-order valence-corrected chi connectivity index (χ0v) is 23.7. The van der Waals surface area contributed by atoms with E-state index in [1.165, 1.54) is 12.4 Å². The summed E-state index contributed by atoms with van der Waals surface area (Å²) in [4.78, 5) is 7.52. The predicted molar refractivity (Wildman–Crippen MR) is 128 cm³/mol. The predicted octanol–water partition coefficient (Wildman–Crippen LogP) is 2.33. The number of phenolic OH excluding ortho intramolecular Hbond substituents is 2. The largest absolute Gasteiger partial charge is 0.507 e. The average Bonchev–Trinajstić information content (AvgIpc) is 2.71. The molecule has 14 heteroatoms. The molecule has 3 aromatic carbocycles. The van der Waals surface area contributed by atoms with Crippen LogP contribution in [0.15, 0.2) is 80.4 Å². The van der Waals surface area contributed by atoms with Gasteiger partial charge in [-0.2, -0.15) is 16.8 Å². The van der Waals surface area contributed by atoms with Crippen molar-refractivity contribution in [3.63, 3.8) is 0 Å². The third-order valence-corrected chi connectivity index (χ3v) is 5.86. The van der Waals surface area contributed by atoms with Gasteiger partial charge in [-0.1, -0.05) is 12.1 Å². The van der Waals surface area contributed by atoms with Gasteiger partial charge in [0.2, 0.25) is 0 Å². The molecule has 4 N–H and O–H groups in total. The van der Waals surface area contributed by atoms with Crippen molar-refractivity contribution in [2.45, 2.75) is 9.79 Å². The van der Waals surface area contributed by atoms with E-state index in [4.69, 9.17) is 9.11 Å². The van der Waals surface area contributed by atoms with E-state index in [-0.39, 0.29) is 81.7 Å². The van der Waals surface area contributed by atoms with E-state index >= 15 is 0 Å². The Morgan fingerprint density at radius 3 is 1.29 bits per heavy atom. The first-order valence-corrected chi connectivity index (χ1v) is 11.6. The van der Waals surface area contributed by atoms with Gasteiger partial charge in [0.25, 0.3) is 20.2 Å². The van der Waals surface area contributed by atoms with Crippen molar-refractivity contribution in [3.05, 3.63) is 71.8 Å². The molecule has 0 aliphatic carbocycles. The van der Waals surface area contributed by atoms with Crippen molar-refractivity contribution in [2.75, 3.05) is 0 Å². The fourth-order valence-electron chi connectivity index (χ4n) is 2.55. The molecule has 0 unspecified atom stereocenters. The van der Waals surface area contributed by atoms with E-state index in [1.54, 1.807) is 24.3 Å². The van der Waals surface area contributed by atoms with Gasteiger partial charge >= 0.3 is 0 Å². The van der Waals surface area contributed by atoms with Gasteiger partial charge in [0.15, 0.2) is 0 Å². The Balaban J connectivity index is 0.00000289.